The normalized spacial score (nSPS) is 10.5. The van der Waals surface area contributed by atoms with Crippen molar-refractivity contribution in [3.8, 4) is 5.69 Å². The molecule has 0 spiro atoms. The molecule has 0 radical (unpaired) electrons. The van der Waals surface area contributed by atoms with Crippen LogP contribution in [0.15, 0.2) is 64.6 Å². The third-order valence-electron chi connectivity index (χ3n) is 3.66. The van der Waals surface area contributed by atoms with E-state index in [9.17, 15) is 0 Å². The number of halogens is 1. The van der Waals surface area contributed by atoms with Crippen LogP contribution in [-0.4, -0.2) is 38.8 Å². The Morgan fingerprint density at radius 1 is 1.04 bits per heavy atom. The number of nitrogens with zero attached hydrogens (tertiary/aromatic N) is 4. The second-order valence-electron chi connectivity index (χ2n) is 5.44. The standard InChI is InChI=1S/C18H21N5S2.ClH/c1-24-17-10-8-15(9-11-17)14-19-12-5-13-25-18-20-21-22-23(18)16-6-3-2-4-7-16;/h2-4,6-11,19H,5,12-14H2,1H3;1H/p-1. The summed E-state index contributed by atoms with van der Waals surface area (Å²) in [5, 5.41) is 16.3. The number of para-hydroxylation sites is 1. The first kappa shape index (κ1) is 20.8. The first-order valence-electron chi connectivity index (χ1n) is 8.17. The van der Waals surface area contributed by atoms with Gasteiger partial charge in [-0.15, -0.1) is 16.9 Å². The van der Waals surface area contributed by atoms with Crippen molar-refractivity contribution in [2.75, 3.05) is 18.6 Å². The van der Waals surface area contributed by atoms with Gasteiger partial charge in [-0.25, -0.2) is 0 Å². The summed E-state index contributed by atoms with van der Waals surface area (Å²) in [4.78, 5) is 1.30. The summed E-state index contributed by atoms with van der Waals surface area (Å²) in [5.41, 5.74) is 2.31. The molecule has 3 rings (SSSR count). The molecule has 0 amide bonds. The molecule has 0 unspecified atom stereocenters. The number of tetrazole rings is 1. The third-order valence-corrected chi connectivity index (χ3v) is 5.41. The molecular weight excluding hydrogens is 386 g/mol. The van der Waals surface area contributed by atoms with E-state index in [2.05, 4.69) is 51.4 Å². The van der Waals surface area contributed by atoms with Gasteiger partial charge in [0.1, 0.15) is 0 Å². The van der Waals surface area contributed by atoms with Crippen LogP contribution >= 0.6 is 23.5 Å². The number of nitrogens with one attached hydrogen (secondary N) is 1. The highest BCUT2D eigenvalue weighted by molar-refractivity contribution is 7.99. The fourth-order valence-electron chi connectivity index (χ4n) is 2.34. The summed E-state index contributed by atoms with van der Waals surface area (Å²) >= 11 is 3.45. The highest BCUT2D eigenvalue weighted by Gasteiger charge is 2.07. The minimum atomic E-state index is 0. The third kappa shape index (κ3) is 6.02. The van der Waals surface area contributed by atoms with Crippen LogP contribution in [0.5, 0.6) is 0 Å². The van der Waals surface area contributed by atoms with E-state index >= 15 is 0 Å². The molecule has 3 aromatic rings. The fourth-order valence-corrected chi connectivity index (χ4v) is 3.57. The summed E-state index contributed by atoms with van der Waals surface area (Å²) in [7, 11) is 0. The van der Waals surface area contributed by atoms with Crippen molar-refractivity contribution in [3.05, 3.63) is 60.2 Å². The maximum atomic E-state index is 4.12. The smallest absolute Gasteiger partial charge is 0.214 e. The molecule has 2 aromatic carbocycles. The lowest BCUT2D eigenvalue weighted by Gasteiger charge is -2.06. The Bertz CT molecular complexity index is 765. The molecule has 1 heterocycles. The first-order valence-corrected chi connectivity index (χ1v) is 10.4. The molecule has 0 aliphatic heterocycles. The molecular formula is C18H21ClN5S2-. The van der Waals surface area contributed by atoms with Crippen molar-refractivity contribution in [1.29, 1.82) is 0 Å². The van der Waals surface area contributed by atoms with Crippen molar-refractivity contribution >= 4 is 23.5 Å². The average molecular weight is 407 g/mol. The van der Waals surface area contributed by atoms with Gasteiger partial charge in [-0.05, 0) is 59.5 Å². The van der Waals surface area contributed by atoms with Crippen LogP contribution in [0.1, 0.15) is 12.0 Å². The average Bonchev–Trinajstić information content (AvgIpc) is 3.14. The Labute approximate surface area is 168 Å². The van der Waals surface area contributed by atoms with Crippen molar-refractivity contribution in [1.82, 2.24) is 25.5 Å². The fraction of sp³-hybridized carbons (Fsp3) is 0.278. The summed E-state index contributed by atoms with van der Waals surface area (Å²) < 4.78 is 1.78. The number of benzene rings is 2. The van der Waals surface area contributed by atoms with Crippen LogP contribution in [0.4, 0.5) is 0 Å². The van der Waals surface area contributed by atoms with Gasteiger partial charge in [0.05, 0.1) is 5.69 Å². The van der Waals surface area contributed by atoms with Crippen molar-refractivity contribution < 1.29 is 12.4 Å². The number of aromatic nitrogens is 4. The second-order valence-corrected chi connectivity index (χ2v) is 7.38. The molecule has 0 atom stereocenters. The lowest BCUT2D eigenvalue weighted by atomic mass is 10.2. The molecule has 1 aromatic heterocycles. The summed E-state index contributed by atoms with van der Waals surface area (Å²) in [5.74, 6) is 0.978. The molecule has 0 saturated heterocycles. The first-order chi connectivity index (χ1) is 12.4. The van der Waals surface area contributed by atoms with Gasteiger partial charge in [0.2, 0.25) is 5.16 Å². The van der Waals surface area contributed by atoms with E-state index in [1.54, 1.807) is 28.2 Å². The molecule has 5 nitrogen and oxygen atoms in total. The summed E-state index contributed by atoms with van der Waals surface area (Å²) in [6, 6.07) is 18.7. The highest BCUT2D eigenvalue weighted by atomic mass is 35.5. The van der Waals surface area contributed by atoms with E-state index in [-0.39, 0.29) is 12.4 Å². The van der Waals surface area contributed by atoms with Gasteiger partial charge < -0.3 is 17.7 Å². The van der Waals surface area contributed by atoms with Gasteiger partial charge in [-0.3, -0.25) is 0 Å². The zero-order valence-corrected chi connectivity index (χ0v) is 16.9. The predicted molar refractivity (Wildman–Crippen MR) is 104 cm³/mol. The number of rotatable bonds is 9. The maximum absolute atomic E-state index is 4.12. The molecule has 0 bridgehead atoms. The van der Waals surface area contributed by atoms with E-state index in [0.29, 0.717) is 0 Å². The molecule has 138 valence electrons. The Morgan fingerprint density at radius 2 is 1.81 bits per heavy atom. The van der Waals surface area contributed by atoms with Crippen molar-refractivity contribution in [3.63, 3.8) is 0 Å². The quantitative estimate of drug-likeness (QED) is 0.416. The topological polar surface area (TPSA) is 55.6 Å². The minimum Gasteiger partial charge on any atom is -1.00 e. The van der Waals surface area contributed by atoms with Gasteiger partial charge in [0, 0.05) is 17.2 Å². The second kappa shape index (κ2) is 11.2. The van der Waals surface area contributed by atoms with Crippen LogP contribution < -0.4 is 17.7 Å². The predicted octanol–water partition coefficient (Wildman–Crippen LogP) is 0.660. The van der Waals surface area contributed by atoms with E-state index in [1.165, 1.54) is 10.5 Å². The van der Waals surface area contributed by atoms with Crippen LogP contribution in [-0.2, 0) is 6.54 Å². The molecule has 1 N–H and O–H groups in total. The SMILES string of the molecule is CSc1ccc(CNCCCSc2nnnn2-c2ccccc2)cc1.[Cl-]. The lowest BCUT2D eigenvalue weighted by Crippen LogP contribution is -3.00. The molecule has 26 heavy (non-hydrogen) atoms. The largest absolute Gasteiger partial charge is 1.00 e. The Balaban J connectivity index is 0.00000243. The van der Waals surface area contributed by atoms with Gasteiger partial charge in [0.25, 0.3) is 0 Å². The van der Waals surface area contributed by atoms with Gasteiger partial charge in [-0.2, -0.15) is 4.68 Å². The number of thioether (sulfide) groups is 2. The minimum absolute atomic E-state index is 0. The summed E-state index contributed by atoms with van der Waals surface area (Å²) in [6.45, 7) is 1.88. The van der Waals surface area contributed by atoms with E-state index in [4.69, 9.17) is 0 Å². The van der Waals surface area contributed by atoms with Crippen LogP contribution in [0.25, 0.3) is 5.69 Å². The molecule has 8 heteroatoms. The molecule has 0 fully saturated rings. The lowest BCUT2D eigenvalue weighted by molar-refractivity contribution is -0.00000518. The van der Waals surface area contributed by atoms with Crippen molar-refractivity contribution in [2.45, 2.75) is 23.0 Å². The number of hydrogen-bond acceptors (Lipinski definition) is 6. The monoisotopic (exact) mass is 406 g/mol. The Morgan fingerprint density at radius 3 is 2.54 bits per heavy atom. The molecule has 0 aliphatic rings. The van der Waals surface area contributed by atoms with E-state index in [0.717, 1.165) is 36.1 Å². The zero-order chi connectivity index (χ0) is 17.3. The molecule has 0 saturated carbocycles. The van der Waals surface area contributed by atoms with Crippen LogP contribution in [0.3, 0.4) is 0 Å². The number of hydrogen-bond donors (Lipinski definition) is 1. The maximum Gasteiger partial charge on any atom is 0.214 e. The van der Waals surface area contributed by atoms with Crippen molar-refractivity contribution in [2.24, 2.45) is 0 Å². The summed E-state index contributed by atoms with van der Waals surface area (Å²) in [6.07, 6.45) is 3.16. The zero-order valence-electron chi connectivity index (χ0n) is 14.5. The van der Waals surface area contributed by atoms with Crippen LogP contribution in [0.2, 0.25) is 0 Å². The van der Waals surface area contributed by atoms with Gasteiger partial charge in [0.15, 0.2) is 0 Å². The molecule has 0 aliphatic carbocycles. The van der Waals surface area contributed by atoms with E-state index < -0.39 is 0 Å². The Kier molecular flexibility index (Phi) is 8.97. The van der Waals surface area contributed by atoms with Gasteiger partial charge >= 0.3 is 0 Å². The van der Waals surface area contributed by atoms with Crippen LogP contribution in [0, 0.1) is 0 Å². The Hall–Kier alpha value is -1.54. The van der Waals surface area contributed by atoms with E-state index in [1.807, 2.05) is 30.3 Å². The van der Waals surface area contributed by atoms with Gasteiger partial charge in [-0.1, -0.05) is 42.1 Å². The highest BCUT2D eigenvalue weighted by Crippen LogP contribution is 2.18.